The van der Waals surface area contributed by atoms with Crippen molar-refractivity contribution in [2.45, 2.75) is 32.1 Å². The van der Waals surface area contributed by atoms with Gasteiger partial charge in [-0.15, -0.1) is 0 Å². The van der Waals surface area contributed by atoms with E-state index in [1.807, 2.05) is 30.4 Å². The molecule has 2 rings (SSSR count). The first-order chi connectivity index (χ1) is 11.0. The standard InChI is InChI=1S/C21H24O2/c1-4-19(22)13-10-16(2)21(3,17-8-6-5-7-9-17)18-11-14-20(23)15-12-18/h4-11,13-14,22-23H,2,12,15H2,1,3H3/b13-10-,19-4+. The zero-order chi connectivity index (χ0) is 16.9. The van der Waals surface area contributed by atoms with Crippen molar-refractivity contribution in [3.63, 3.8) is 0 Å². The van der Waals surface area contributed by atoms with Crippen molar-refractivity contribution in [3.05, 3.63) is 95.5 Å². The van der Waals surface area contributed by atoms with Gasteiger partial charge in [-0.3, -0.25) is 0 Å². The summed E-state index contributed by atoms with van der Waals surface area (Å²) < 4.78 is 0. The topological polar surface area (TPSA) is 40.5 Å². The Hall–Kier alpha value is -2.48. The van der Waals surface area contributed by atoms with Crippen LogP contribution in [-0.4, -0.2) is 10.2 Å². The van der Waals surface area contributed by atoms with Crippen LogP contribution in [0.3, 0.4) is 0 Å². The number of rotatable bonds is 5. The molecule has 1 aromatic rings. The fraction of sp³-hybridized carbons (Fsp3) is 0.238. The molecule has 0 saturated heterocycles. The lowest BCUT2D eigenvalue weighted by Gasteiger charge is -2.35. The van der Waals surface area contributed by atoms with E-state index < -0.39 is 0 Å². The third-order valence-corrected chi connectivity index (χ3v) is 4.51. The average Bonchev–Trinajstić information content (AvgIpc) is 2.59. The molecule has 0 spiro atoms. The maximum Gasteiger partial charge on any atom is 0.111 e. The molecule has 1 aliphatic rings. The van der Waals surface area contributed by atoms with E-state index in [0.29, 0.717) is 12.2 Å². The highest BCUT2D eigenvalue weighted by Gasteiger charge is 2.33. The van der Waals surface area contributed by atoms with Crippen LogP contribution in [0.1, 0.15) is 32.3 Å². The molecule has 0 saturated carbocycles. The minimum absolute atomic E-state index is 0.219. The van der Waals surface area contributed by atoms with E-state index in [0.717, 1.165) is 17.6 Å². The van der Waals surface area contributed by atoms with E-state index in [4.69, 9.17) is 0 Å². The predicted molar refractivity (Wildman–Crippen MR) is 96.5 cm³/mol. The molecule has 0 bridgehead atoms. The first kappa shape index (κ1) is 16.9. The number of hydrogen-bond donors (Lipinski definition) is 2. The SMILES string of the molecule is C=C(/C=C\C(O)=C/C)C(C)(C1=CC=C(O)CC1)c1ccccc1. The Bertz CT molecular complexity index is 690. The van der Waals surface area contributed by atoms with Crippen LogP contribution in [-0.2, 0) is 5.41 Å². The Balaban J connectivity index is 2.48. The molecule has 120 valence electrons. The van der Waals surface area contributed by atoms with Gasteiger partial charge in [0.25, 0.3) is 0 Å². The Labute approximate surface area is 138 Å². The molecule has 2 N–H and O–H groups in total. The van der Waals surface area contributed by atoms with Crippen molar-refractivity contribution in [2.24, 2.45) is 0 Å². The zero-order valence-corrected chi connectivity index (χ0v) is 13.8. The Kier molecular flexibility index (Phi) is 5.28. The largest absolute Gasteiger partial charge is 0.512 e. The molecule has 2 heteroatoms. The first-order valence-corrected chi connectivity index (χ1v) is 7.86. The molecule has 0 radical (unpaired) electrons. The quantitative estimate of drug-likeness (QED) is 0.542. The second-order valence-corrected chi connectivity index (χ2v) is 5.91. The van der Waals surface area contributed by atoms with Crippen molar-refractivity contribution < 1.29 is 10.2 Å². The average molecular weight is 308 g/mol. The number of aliphatic hydroxyl groups is 2. The maximum atomic E-state index is 9.66. The van der Waals surface area contributed by atoms with Gasteiger partial charge < -0.3 is 10.2 Å². The second-order valence-electron chi connectivity index (χ2n) is 5.91. The summed E-state index contributed by atoms with van der Waals surface area (Å²) in [5.41, 5.74) is 2.88. The highest BCUT2D eigenvalue weighted by molar-refractivity contribution is 5.51. The van der Waals surface area contributed by atoms with Crippen LogP contribution in [0.2, 0.25) is 0 Å². The zero-order valence-electron chi connectivity index (χ0n) is 13.8. The van der Waals surface area contributed by atoms with Crippen LogP contribution in [0.5, 0.6) is 0 Å². The summed E-state index contributed by atoms with van der Waals surface area (Å²) in [6.45, 7) is 8.18. The van der Waals surface area contributed by atoms with Gasteiger partial charge in [0, 0.05) is 11.8 Å². The molecular weight excluding hydrogens is 284 g/mol. The van der Waals surface area contributed by atoms with E-state index in [1.165, 1.54) is 5.57 Å². The predicted octanol–water partition coefficient (Wildman–Crippen LogP) is 5.68. The summed E-state index contributed by atoms with van der Waals surface area (Å²) in [6.07, 6.45) is 10.4. The van der Waals surface area contributed by atoms with Crippen LogP contribution >= 0.6 is 0 Å². The molecule has 23 heavy (non-hydrogen) atoms. The number of benzene rings is 1. The van der Waals surface area contributed by atoms with Gasteiger partial charge in [-0.25, -0.2) is 0 Å². The molecule has 1 aromatic carbocycles. The van der Waals surface area contributed by atoms with Crippen molar-refractivity contribution in [3.8, 4) is 0 Å². The molecule has 0 heterocycles. The minimum atomic E-state index is -0.372. The molecule has 2 nitrogen and oxygen atoms in total. The smallest absolute Gasteiger partial charge is 0.111 e. The normalized spacial score (nSPS) is 18.3. The summed E-state index contributed by atoms with van der Waals surface area (Å²) in [4.78, 5) is 0. The highest BCUT2D eigenvalue weighted by atomic mass is 16.3. The van der Waals surface area contributed by atoms with E-state index in [9.17, 15) is 10.2 Å². The molecule has 1 unspecified atom stereocenters. The fourth-order valence-electron chi connectivity index (χ4n) is 2.84. The van der Waals surface area contributed by atoms with Gasteiger partial charge in [-0.1, -0.05) is 54.6 Å². The van der Waals surface area contributed by atoms with E-state index in [-0.39, 0.29) is 11.2 Å². The van der Waals surface area contributed by atoms with Gasteiger partial charge >= 0.3 is 0 Å². The van der Waals surface area contributed by atoms with Gasteiger partial charge in [0.15, 0.2) is 0 Å². The molecule has 1 atom stereocenters. The van der Waals surface area contributed by atoms with Crippen LogP contribution in [0, 0.1) is 0 Å². The highest BCUT2D eigenvalue weighted by Crippen LogP contribution is 2.42. The summed E-state index contributed by atoms with van der Waals surface area (Å²) in [6, 6.07) is 10.2. The van der Waals surface area contributed by atoms with Gasteiger partial charge in [-0.05, 0) is 49.6 Å². The lowest BCUT2D eigenvalue weighted by Crippen LogP contribution is -2.27. The molecule has 0 amide bonds. The van der Waals surface area contributed by atoms with Crippen molar-refractivity contribution >= 4 is 0 Å². The summed E-state index contributed by atoms with van der Waals surface area (Å²) >= 11 is 0. The van der Waals surface area contributed by atoms with Gasteiger partial charge in [-0.2, -0.15) is 0 Å². The third kappa shape index (κ3) is 3.65. The third-order valence-electron chi connectivity index (χ3n) is 4.51. The van der Waals surface area contributed by atoms with E-state index in [2.05, 4.69) is 25.6 Å². The fourth-order valence-corrected chi connectivity index (χ4v) is 2.84. The molecular formula is C21H24O2. The lowest BCUT2D eigenvalue weighted by atomic mass is 9.68. The van der Waals surface area contributed by atoms with Crippen LogP contribution < -0.4 is 0 Å². The van der Waals surface area contributed by atoms with E-state index in [1.54, 1.807) is 25.2 Å². The van der Waals surface area contributed by atoms with E-state index >= 15 is 0 Å². The van der Waals surface area contributed by atoms with Gasteiger partial charge in [0.05, 0.1) is 5.76 Å². The maximum absolute atomic E-state index is 9.66. The number of aliphatic hydroxyl groups excluding tert-OH is 2. The van der Waals surface area contributed by atoms with Crippen LogP contribution in [0.25, 0.3) is 0 Å². The summed E-state index contributed by atoms with van der Waals surface area (Å²) in [7, 11) is 0. The Morgan fingerprint density at radius 3 is 2.39 bits per heavy atom. The van der Waals surface area contributed by atoms with Crippen molar-refractivity contribution in [2.75, 3.05) is 0 Å². The second kappa shape index (κ2) is 7.19. The van der Waals surface area contributed by atoms with Crippen molar-refractivity contribution in [1.29, 1.82) is 0 Å². The van der Waals surface area contributed by atoms with Gasteiger partial charge in [0.2, 0.25) is 0 Å². The summed E-state index contributed by atoms with van der Waals surface area (Å²) in [5.74, 6) is 0.633. The first-order valence-electron chi connectivity index (χ1n) is 7.86. The van der Waals surface area contributed by atoms with Gasteiger partial charge in [0.1, 0.15) is 5.76 Å². The summed E-state index contributed by atoms with van der Waals surface area (Å²) in [5, 5.41) is 19.3. The Morgan fingerprint density at radius 1 is 1.13 bits per heavy atom. The molecule has 0 aliphatic heterocycles. The number of allylic oxidation sites excluding steroid dienone is 8. The van der Waals surface area contributed by atoms with Crippen LogP contribution in [0.4, 0.5) is 0 Å². The molecule has 0 aromatic heterocycles. The lowest BCUT2D eigenvalue weighted by molar-refractivity contribution is 0.382. The minimum Gasteiger partial charge on any atom is -0.512 e. The Morgan fingerprint density at radius 2 is 1.83 bits per heavy atom. The molecule has 0 fully saturated rings. The monoisotopic (exact) mass is 308 g/mol. The molecule has 1 aliphatic carbocycles. The number of hydrogen-bond acceptors (Lipinski definition) is 2. The van der Waals surface area contributed by atoms with Crippen LogP contribution in [0.15, 0.2) is 90.0 Å². The van der Waals surface area contributed by atoms with Crippen molar-refractivity contribution in [1.82, 2.24) is 0 Å².